The predicted octanol–water partition coefficient (Wildman–Crippen LogP) is 4.08. The molecule has 0 bridgehead atoms. The van der Waals surface area contributed by atoms with Crippen molar-refractivity contribution in [3.05, 3.63) is 71.5 Å². The second-order valence-corrected chi connectivity index (χ2v) is 7.59. The first-order chi connectivity index (χ1) is 14.2. The van der Waals surface area contributed by atoms with Gasteiger partial charge in [0.05, 0.1) is 18.9 Å². The van der Waals surface area contributed by atoms with Crippen LogP contribution < -0.4 is 4.74 Å². The Bertz CT molecular complexity index is 911. The van der Waals surface area contributed by atoms with E-state index in [-0.39, 0.29) is 5.75 Å². The number of nitrogens with zero attached hydrogens (tertiary/aromatic N) is 3. The molecule has 0 atom stereocenters. The molecule has 1 aromatic heterocycles. The maximum Gasteiger partial charge on any atom is 0.313 e. The minimum atomic E-state index is -0.865. The Labute approximate surface area is 174 Å². The molecule has 1 heterocycles. The number of hydrogen-bond donors (Lipinski definition) is 1. The van der Waals surface area contributed by atoms with Gasteiger partial charge in [-0.15, -0.1) is 10.2 Å². The number of benzene rings is 2. The number of rotatable bonds is 11. The van der Waals surface area contributed by atoms with Crippen molar-refractivity contribution in [2.45, 2.75) is 37.9 Å². The van der Waals surface area contributed by atoms with Crippen molar-refractivity contribution >= 4 is 17.7 Å². The number of aliphatic carboxylic acids is 1. The molecule has 1 N–H and O–H groups in total. The molecule has 0 unspecified atom stereocenters. The highest BCUT2D eigenvalue weighted by atomic mass is 32.2. The van der Waals surface area contributed by atoms with Crippen molar-refractivity contribution < 1.29 is 14.6 Å². The fourth-order valence-electron chi connectivity index (χ4n) is 2.89. The van der Waals surface area contributed by atoms with Crippen LogP contribution in [0.25, 0.3) is 0 Å². The highest BCUT2D eigenvalue weighted by Gasteiger charge is 2.14. The van der Waals surface area contributed by atoms with Gasteiger partial charge in [0.2, 0.25) is 0 Å². The molecule has 3 rings (SSSR count). The van der Waals surface area contributed by atoms with E-state index in [9.17, 15) is 4.79 Å². The van der Waals surface area contributed by atoms with Crippen LogP contribution in [-0.4, -0.2) is 38.2 Å². The lowest BCUT2D eigenvalue weighted by Gasteiger charge is -2.10. The Hall–Kier alpha value is -2.80. The van der Waals surface area contributed by atoms with E-state index < -0.39 is 5.97 Å². The van der Waals surface area contributed by atoms with E-state index in [1.165, 1.54) is 17.3 Å². The first-order valence-corrected chi connectivity index (χ1v) is 10.7. The maximum atomic E-state index is 11.0. The zero-order valence-corrected chi connectivity index (χ0v) is 17.3. The Morgan fingerprint density at radius 2 is 1.79 bits per heavy atom. The van der Waals surface area contributed by atoms with Crippen LogP contribution in [0.2, 0.25) is 0 Å². The van der Waals surface area contributed by atoms with Gasteiger partial charge in [-0.2, -0.15) is 0 Å². The molecule has 0 saturated heterocycles. The molecule has 0 aliphatic rings. The molecule has 0 spiro atoms. The molecule has 0 saturated carbocycles. The molecule has 29 heavy (non-hydrogen) atoms. The van der Waals surface area contributed by atoms with Gasteiger partial charge in [-0.05, 0) is 36.1 Å². The van der Waals surface area contributed by atoms with Crippen LogP contribution in [0.4, 0.5) is 0 Å². The number of thioether (sulfide) groups is 1. The van der Waals surface area contributed by atoms with E-state index >= 15 is 0 Å². The van der Waals surface area contributed by atoms with Gasteiger partial charge in [0.25, 0.3) is 0 Å². The molecule has 2 aromatic carbocycles. The Balaban J connectivity index is 1.71. The molecule has 152 valence electrons. The van der Waals surface area contributed by atoms with Gasteiger partial charge in [-0.25, -0.2) is 0 Å². The Morgan fingerprint density at radius 1 is 1.03 bits per heavy atom. The number of hydrogen-bond acceptors (Lipinski definition) is 5. The number of carboxylic acids is 1. The van der Waals surface area contributed by atoms with E-state index in [0.29, 0.717) is 11.7 Å². The normalized spacial score (nSPS) is 10.8. The van der Waals surface area contributed by atoms with Crippen LogP contribution in [0.3, 0.4) is 0 Å². The standard InChI is InChI=1S/C22H25N3O3S/c1-2-14-28-19-11-8-17(9-12-19)10-13-20-23-24-22(29-16-21(26)27)25(20)15-18-6-4-3-5-7-18/h3-9,11-12H,2,10,13-16H2,1H3,(H,26,27). The number of aromatic nitrogens is 3. The fraction of sp³-hybridized carbons (Fsp3) is 0.318. The summed E-state index contributed by atoms with van der Waals surface area (Å²) in [7, 11) is 0. The summed E-state index contributed by atoms with van der Waals surface area (Å²) >= 11 is 1.20. The Kier molecular flexibility index (Phi) is 7.69. The molecule has 6 nitrogen and oxygen atoms in total. The van der Waals surface area contributed by atoms with Crippen molar-refractivity contribution in [3.63, 3.8) is 0 Å². The monoisotopic (exact) mass is 411 g/mol. The summed E-state index contributed by atoms with van der Waals surface area (Å²) in [4.78, 5) is 11.0. The van der Waals surface area contributed by atoms with Crippen molar-refractivity contribution in [2.75, 3.05) is 12.4 Å². The summed E-state index contributed by atoms with van der Waals surface area (Å²) in [6.45, 7) is 3.43. The van der Waals surface area contributed by atoms with Gasteiger partial charge < -0.3 is 14.4 Å². The highest BCUT2D eigenvalue weighted by molar-refractivity contribution is 7.99. The fourth-order valence-corrected chi connectivity index (χ4v) is 3.57. The quantitative estimate of drug-likeness (QED) is 0.479. The number of aryl methyl sites for hydroxylation is 2. The minimum absolute atomic E-state index is 0.0356. The lowest BCUT2D eigenvalue weighted by atomic mass is 10.1. The van der Waals surface area contributed by atoms with Crippen LogP contribution in [0.1, 0.15) is 30.3 Å². The lowest BCUT2D eigenvalue weighted by molar-refractivity contribution is -0.133. The lowest BCUT2D eigenvalue weighted by Crippen LogP contribution is -2.09. The van der Waals surface area contributed by atoms with Crippen molar-refractivity contribution in [2.24, 2.45) is 0 Å². The molecule has 7 heteroatoms. The molecule has 0 aliphatic heterocycles. The number of carboxylic acid groups (broad SMARTS) is 1. The van der Waals surface area contributed by atoms with Crippen molar-refractivity contribution in [1.82, 2.24) is 14.8 Å². The van der Waals surface area contributed by atoms with Crippen molar-refractivity contribution in [1.29, 1.82) is 0 Å². The van der Waals surface area contributed by atoms with Gasteiger partial charge in [-0.3, -0.25) is 4.79 Å². The second kappa shape index (κ2) is 10.7. The van der Waals surface area contributed by atoms with Crippen LogP contribution in [0, 0.1) is 0 Å². The molecule has 0 fully saturated rings. The molecule has 3 aromatic rings. The summed E-state index contributed by atoms with van der Waals surface area (Å²) in [6.07, 6.45) is 2.54. The topological polar surface area (TPSA) is 77.2 Å². The first kappa shape index (κ1) is 20.9. The SMILES string of the molecule is CCCOc1ccc(CCc2nnc(SCC(=O)O)n2Cc2ccccc2)cc1. The predicted molar refractivity (Wildman–Crippen MR) is 114 cm³/mol. The zero-order valence-electron chi connectivity index (χ0n) is 16.5. The van der Waals surface area contributed by atoms with E-state index in [1.807, 2.05) is 47.0 Å². The van der Waals surface area contributed by atoms with Crippen LogP contribution in [0.5, 0.6) is 5.75 Å². The molecular weight excluding hydrogens is 386 g/mol. The van der Waals surface area contributed by atoms with Crippen LogP contribution in [0.15, 0.2) is 59.8 Å². The van der Waals surface area contributed by atoms with E-state index in [0.717, 1.165) is 43.0 Å². The van der Waals surface area contributed by atoms with E-state index in [1.54, 1.807) is 0 Å². The summed E-state index contributed by atoms with van der Waals surface area (Å²) in [5.74, 6) is 0.839. The van der Waals surface area contributed by atoms with Crippen LogP contribution >= 0.6 is 11.8 Å². The number of carbonyl (C=O) groups is 1. The smallest absolute Gasteiger partial charge is 0.313 e. The molecule has 0 radical (unpaired) electrons. The van der Waals surface area contributed by atoms with Crippen molar-refractivity contribution in [3.8, 4) is 5.75 Å². The first-order valence-electron chi connectivity index (χ1n) is 9.68. The minimum Gasteiger partial charge on any atom is -0.494 e. The third kappa shape index (κ3) is 6.35. The third-order valence-corrected chi connectivity index (χ3v) is 5.29. The van der Waals surface area contributed by atoms with Gasteiger partial charge in [-0.1, -0.05) is 61.2 Å². The Morgan fingerprint density at radius 3 is 2.48 bits per heavy atom. The average Bonchev–Trinajstić information content (AvgIpc) is 3.12. The zero-order chi connectivity index (χ0) is 20.5. The van der Waals surface area contributed by atoms with Gasteiger partial charge in [0.15, 0.2) is 5.16 Å². The maximum absolute atomic E-state index is 11.0. The summed E-state index contributed by atoms with van der Waals surface area (Å²) in [6, 6.07) is 18.2. The van der Waals surface area contributed by atoms with Gasteiger partial charge in [0.1, 0.15) is 11.6 Å². The van der Waals surface area contributed by atoms with Gasteiger partial charge >= 0.3 is 5.97 Å². The van der Waals surface area contributed by atoms with E-state index in [4.69, 9.17) is 9.84 Å². The third-order valence-electron chi connectivity index (χ3n) is 4.34. The second-order valence-electron chi connectivity index (χ2n) is 6.65. The van der Waals surface area contributed by atoms with Gasteiger partial charge in [0, 0.05) is 6.42 Å². The van der Waals surface area contributed by atoms with Crippen LogP contribution in [-0.2, 0) is 24.2 Å². The molecular formula is C22H25N3O3S. The number of ether oxygens (including phenoxy) is 1. The van der Waals surface area contributed by atoms with E-state index in [2.05, 4.69) is 29.3 Å². The summed E-state index contributed by atoms with van der Waals surface area (Å²) in [5, 5.41) is 18.2. The molecule has 0 aliphatic carbocycles. The molecule has 0 amide bonds. The summed E-state index contributed by atoms with van der Waals surface area (Å²) < 4.78 is 7.65. The largest absolute Gasteiger partial charge is 0.494 e. The highest BCUT2D eigenvalue weighted by Crippen LogP contribution is 2.20. The average molecular weight is 412 g/mol. The summed E-state index contributed by atoms with van der Waals surface area (Å²) in [5.41, 5.74) is 2.32.